The van der Waals surface area contributed by atoms with Crippen LogP contribution in [0.15, 0.2) is 11.4 Å². The Labute approximate surface area is 133 Å². The van der Waals surface area contributed by atoms with E-state index >= 15 is 0 Å². The number of thiazole rings is 1. The fraction of sp³-hybridized carbons (Fsp3) is 0.467. The normalized spacial score (nSPS) is 12.8. The van der Waals surface area contributed by atoms with Gasteiger partial charge in [-0.3, -0.25) is 9.69 Å². The van der Waals surface area contributed by atoms with Gasteiger partial charge in [0.1, 0.15) is 0 Å². The Balaban J connectivity index is 2.09. The summed E-state index contributed by atoms with van der Waals surface area (Å²) < 4.78 is 0. The van der Waals surface area contributed by atoms with E-state index in [9.17, 15) is 4.79 Å². The van der Waals surface area contributed by atoms with Gasteiger partial charge in [0.25, 0.3) is 0 Å². The molecular formula is C15H21N3OS2. The van der Waals surface area contributed by atoms with Crippen LogP contribution >= 0.6 is 22.7 Å². The highest BCUT2D eigenvalue weighted by atomic mass is 32.1. The summed E-state index contributed by atoms with van der Waals surface area (Å²) in [6.07, 6.45) is 0.981. The van der Waals surface area contributed by atoms with Crippen molar-refractivity contribution in [2.75, 3.05) is 7.05 Å². The van der Waals surface area contributed by atoms with Gasteiger partial charge < -0.3 is 5.73 Å². The maximum atomic E-state index is 11.1. The fourth-order valence-corrected chi connectivity index (χ4v) is 4.24. The molecule has 6 heteroatoms. The third kappa shape index (κ3) is 3.70. The van der Waals surface area contributed by atoms with Crippen LogP contribution in [-0.2, 0) is 13.0 Å². The summed E-state index contributed by atoms with van der Waals surface area (Å²) in [6.45, 7) is 7.21. The Hall–Kier alpha value is -1.24. The lowest BCUT2D eigenvalue weighted by atomic mass is 10.2. The Kier molecular flexibility index (Phi) is 5.13. The van der Waals surface area contributed by atoms with Gasteiger partial charge in [-0.1, -0.05) is 6.92 Å². The van der Waals surface area contributed by atoms with Crippen molar-refractivity contribution in [2.24, 2.45) is 5.73 Å². The van der Waals surface area contributed by atoms with Crippen LogP contribution in [0.5, 0.6) is 0 Å². The molecule has 2 aromatic rings. The summed E-state index contributed by atoms with van der Waals surface area (Å²) in [5.74, 6) is -0.362. The average Bonchev–Trinajstić information content (AvgIpc) is 3.04. The smallest absolute Gasteiger partial charge is 0.249 e. The number of rotatable bonds is 6. The molecule has 114 valence electrons. The molecule has 0 saturated carbocycles. The van der Waals surface area contributed by atoms with Gasteiger partial charge in [0.2, 0.25) is 5.91 Å². The molecule has 2 heterocycles. The predicted octanol–water partition coefficient (Wildman–Crippen LogP) is 3.37. The van der Waals surface area contributed by atoms with Crippen LogP contribution in [0.1, 0.15) is 50.7 Å². The molecule has 2 aromatic heterocycles. The van der Waals surface area contributed by atoms with Gasteiger partial charge in [-0.15, -0.1) is 22.7 Å². The molecule has 0 spiro atoms. The molecule has 1 amide bonds. The third-order valence-electron chi connectivity index (χ3n) is 3.56. The number of carbonyl (C=O) groups excluding carboxylic acids is 1. The SMILES string of the molecule is CCc1nc(C)c(C(C)N(C)Cc2cc(C(N)=O)cs2)s1. The maximum absolute atomic E-state index is 11.1. The minimum Gasteiger partial charge on any atom is -0.366 e. The Morgan fingerprint density at radius 1 is 1.52 bits per heavy atom. The molecule has 4 nitrogen and oxygen atoms in total. The van der Waals surface area contributed by atoms with Crippen LogP contribution in [0.2, 0.25) is 0 Å². The number of nitrogens with zero attached hydrogens (tertiary/aromatic N) is 2. The van der Waals surface area contributed by atoms with Crippen molar-refractivity contribution in [1.82, 2.24) is 9.88 Å². The Bertz CT molecular complexity index is 633. The van der Waals surface area contributed by atoms with Gasteiger partial charge in [-0.05, 0) is 33.4 Å². The van der Waals surface area contributed by atoms with Crippen LogP contribution in [-0.4, -0.2) is 22.8 Å². The summed E-state index contributed by atoms with van der Waals surface area (Å²) in [6, 6.07) is 2.19. The van der Waals surface area contributed by atoms with E-state index in [2.05, 4.69) is 37.7 Å². The van der Waals surface area contributed by atoms with Crippen molar-refractivity contribution in [3.63, 3.8) is 0 Å². The van der Waals surface area contributed by atoms with Crippen molar-refractivity contribution in [1.29, 1.82) is 0 Å². The number of carbonyl (C=O) groups is 1. The monoisotopic (exact) mass is 323 g/mol. The van der Waals surface area contributed by atoms with E-state index < -0.39 is 0 Å². The standard InChI is InChI=1S/C15H21N3OS2/c1-5-13-17-9(2)14(21-13)10(3)18(4)7-12-6-11(8-20-12)15(16)19/h6,8,10H,5,7H2,1-4H3,(H2,16,19). The first-order valence-electron chi connectivity index (χ1n) is 6.96. The van der Waals surface area contributed by atoms with E-state index in [0.29, 0.717) is 11.6 Å². The van der Waals surface area contributed by atoms with Crippen LogP contribution in [0, 0.1) is 6.92 Å². The molecule has 2 N–H and O–H groups in total. The van der Waals surface area contributed by atoms with Gasteiger partial charge >= 0.3 is 0 Å². The van der Waals surface area contributed by atoms with Gasteiger partial charge in [-0.2, -0.15) is 0 Å². The summed E-state index contributed by atoms with van der Waals surface area (Å²) in [5, 5.41) is 3.01. The molecule has 0 fully saturated rings. The zero-order valence-electron chi connectivity index (χ0n) is 12.8. The highest BCUT2D eigenvalue weighted by Crippen LogP contribution is 2.30. The van der Waals surface area contributed by atoms with E-state index in [4.69, 9.17) is 5.73 Å². The molecule has 0 bridgehead atoms. The number of primary amides is 1. The molecule has 0 aromatic carbocycles. The largest absolute Gasteiger partial charge is 0.366 e. The molecule has 0 radical (unpaired) electrons. The summed E-state index contributed by atoms with van der Waals surface area (Å²) in [5.41, 5.74) is 7.02. The fourth-order valence-electron chi connectivity index (χ4n) is 2.18. The molecule has 2 rings (SSSR count). The molecule has 0 aliphatic heterocycles. The van der Waals surface area contributed by atoms with Crippen LogP contribution in [0.4, 0.5) is 0 Å². The third-order valence-corrected chi connectivity index (χ3v) is 5.96. The zero-order chi connectivity index (χ0) is 15.6. The van der Waals surface area contributed by atoms with E-state index in [0.717, 1.165) is 23.5 Å². The number of aryl methyl sites for hydroxylation is 2. The molecule has 0 aliphatic carbocycles. The van der Waals surface area contributed by atoms with Crippen LogP contribution < -0.4 is 5.73 Å². The van der Waals surface area contributed by atoms with E-state index in [1.165, 1.54) is 9.88 Å². The first-order valence-corrected chi connectivity index (χ1v) is 8.65. The van der Waals surface area contributed by atoms with Crippen LogP contribution in [0.3, 0.4) is 0 Å². The van der Waals surface area contributed by atoms with E-state index in [-0.39, 0.29) is 5.91 Å². The molecule has 21 heavy (non-hydrogen) atoms. The summed E-state index contributed by atoms with van der Waals surface area (Å²) >= 11 is 3.37. The number of amides is 1. The Morgan fingerprint density at radius 3 is 2.76 bits per heavy atom. The number of hydrogen-bond acceptors (Lipinski definition) is 5. The van der Waals surface area contributed by atoms with Crippen molar-refractivity contribution in [3.8, 4) is 0 Å². The van der Waals surface area contributed by atoms with Crippen LogP contribution in [0.25, 0.3) is 0 Å². The van der Waals surface area contributed by atoms with Gasteiger partial charge in [0.15, 0.2) is 0 Å². The van der Waals surface area contributed by atoms with Crippen molar-refractivity contribution >= 4 is 28.6 Å². The minimum absolute atomic E-state index is 0.307. The second-order valence-corrected chi connectivity index (χ2v) is 7.28. The average molecular weight is 323 g/mol. The van der Waals surface area contributed by atoms with Gasteiger partial charge in [0, 0.05) is 27.7 Å². The number of aromatic nitrogens is 1. The molecule has 0 saturated heterocycles. The maximum Gasteiger partial charge on any atom is 0.249 e. The Morgan fingerprint density at radius 2 is 2.24 bits per heavy atom. The predicted molar refractivity (Wildman–Crippen MR) is 88.9 cm³/mol. The first kappa shape index (κ1) is 16.1. The lowest BCUT2D eigenvalue weighted by Crippen LogP contribution is -2.21. The molecule has 1 unspecified atom stereocenters. The lowest BCUT2D eigenvalue weighted by molar-refractivity contribution is 0.100. The zero-order valence-corrected chi connectivity index (χ0v) is 14.5. The molecule has 1 atom stereocenters. The summed E-state index contributed by atoms with van der Waals surface area (Å²) in [7, 11) is 2.10. The minimum atomic E-state index is -0.362. The highest BCUT2D eigenvalue weighted by molar-refractivity contribution is 7.11. The number of hydrogen-bond donors (Lipinski definition) is 1. The second-order valence-electron chi connectivity index (χ2n) is 5.17. The lowest BCUT2D eigenvalue weighted by Gasteiger charge is -2.23. The van der Waals surface area contributed by atoms with E-state index in [1.807, 2.05) is 11.4 Å². The highest BCUT2D eigenvalue weighted by Gasteiger charge is 2.18. The van der Waals surface area contributed by atoms with Gasteiger partial charge in [0.05, 0.1) is 16.3 Å². The second kappa shape index (κ2) is 6.68. The van der Waals surface area contributed by atoms with Crippen molar-refractivity contribution < 1.29 is 4.79 Å². The van der Waals surface area contributed by atoms with Crippen molar-refractivity contribution in [3.05, 3.63) is 37.5 Å². The van der Waals surface area contributed by atoms with E-state index in [1.54, 1.807) is 22.7 Å². The molecular weight excluding hydrogens is 302 g/mol. The quantitative estimate of drug-likeness (QED) is 0.886. The van der Waals surface area contributed by atoms with Crippen molar-refractivity contribution in [2.45, 2.75) is 39.8 Å². The number of thiophene rings is 1. The first-order chi connectivity index (χ1) is 9.92. The van der Waals surface area contributed by atoms with Gasteiger partial charge in [-0.25, -0.2) is 4.98 Å². The summed E-state index contributed by atoms with van der Waals surface area (Å²) in [4.78, 5) is 20.5. The topological polar surface area (TPSA) is 59.2 Å². The molecule has 0 aliphatic rings. The number of nitrogens with two attached hydrogens (primary N) is 1.